The summed E-state index contributed by atoms with van der Waals surface area (Å²) in [7, 11) is 0. The first-order chi connectivity index (χ1) is 8.99. The van der Waals surface area contributed by atoms with Gasteiger partial charge in [0.05, 0.1) is 0 Å². The van der Waals surface area contributed by atoms with Crippen molar-refractivity contribution in [3.8, 4) is 0 Å². The Bertz CT molecular complexity index is 624. The largest absolute Gasteiger partial charge is 0.317 e. The highest BCUT2D eigenvalue weighted by Gasteiger charge is 2.13. The monoisotopic (exact) mass is 295 g/mol. The summed E-state index contributed by atoms with van der Waals surface area (Å²) in [5, 5.41) is 2.83. The molecule has 1 heterocycles. The van der Waals surface area contributed by atoms with Crippen LogP contribution in [0, 0.1) is 13.8 Å². The van der Waals surface area contributed by atoms with Crippen LogP contribution in [0.1, 0.15) is 21.5 Å². The number of aromatic nitrogens is 2. The molecule has 1 amide bonds. The first kappa shape index (κ1) is 13.8. The Morgan fingerprint density at radius 1 is 1.11 bits per heavy atom. The van der Waals surface area contributed by atoms with Crippen LogP contribution in [-0.2, 0) is 0 Å². The van der Waals surface area contributed by atoms with E-state index in [1.165, 1.54) is 6.33 Å². The first-order valence-electron chi connectivity index (χ1n) is 5.53. The number of hydrogen-bond donors (Lipinski definition) is 1. The van der Waals surface area contributed by atoms with Gasteiger partial charge in [-0.15, -0.1) is 0 Å². The van der Waals surface area contributed by atoms with Crippen LogP contribution in [0.5, 0.6) is 0 Å². The molecule has 0 atom stereocenters. The number of carbonyl (C=O) groups excluding carboxylic acids is 1. The Hall–Kier alpha value is -1.65. The molecule has 0 unspecified atom stereocenters. The predicted molar refractivity (Wildman–Crippen MR) is 75.9 cm³/mol. The second-order valence-corrected chi connectivity index (χ2v) is 4.80. The zero-order valence-electron chi connectivity index (χ0n) is 10.4. The van der Waals surface area contributed by atoms with Gasteiger partial charge in [-0.05, 0) is 37.1 Å². The molecular weight excluding hydrogens is 285 g/mol. The van der Waals surface area contributed by atoms with Crippen LogP contribution < -0.4 is 5.32 Å². The number of benzene rings is 1. The van der Waals surface area contributed by atoms with Gasteiger partial charge < -0.3 is 5.32 Å². The first-order valence-corrected chi connectivity index (χ1v) is 6.29. The number of amides is 1. The zero-order valence-corrected chi connectivity index (χ0v) is 11.9. The fourth-order valence-corrected chi connectivity index (χ4v) is 1.93. The fraction of sp³-hybridized carbons (Fsp3) is 0.154. The minimum atomic E-state index is -0.304. The van der Waals surface area contributed by atoms with Gasteiger partial charge in [-0.3, -0.25) is 4.79 Å². The SMILES string of the molecule is Cc1ccc(C(=O)Nc2c(Cl)ncnc2Cl)cc1C. The molecule has 0 aliphatic rings. The Kier molecular flexibility index (Phi) is 4.02. The third-order valence-electron chi connectivity index (χ3n) is 2.76. The molecule has 1 aromatic heterocycles. The van der Waals surface area contributed by atoms with Crippen molar-refractivity contribution in [1.29, 1.82) is 0 Å². The molecule has 2 aromatic rings. The van der Waals surface area contributed by atoms with Crippen molar-refractivity contribution in [1.82, 2.24) is 9.97 Å². The van der Waals surface area contributed by atoms with Gasteiger partial charge in [0.15, 0.2) is 10.3 Å². The zero-order chi connectivity index (χ0) is 14.0. The van der Waals surface area contributed by atoms with E-state index in [2.05, 4.69) is 15.3 Å². The van der Waals surface area contributed by atoms with E-state index in [9.17, 15) is 4.79 Å². The van der Waals surface area contributed by atoms with E-state index in [0.29, 0.717) is 5.56 Å². The third kappa shape index (κ3) is 3.03. The molecule has 0 bridgehead atoms. The molecule has 0 radical (unpaired) electrons. The lowest BCUT2D eigenvalue weighted by atomic mass is 10.1. The van der Waals surface area contributed by atoms with E-state index in [0.717, 1.165) is 11.1 Å². The molecule has 98 valence electrons. The molecule has 0 saturated carbocycles. The van der Waals surface area contributed by atoms with Crippen molar-refractivity contribution >= 4 is 34.8 Å². The van der Waals surface area contributed by atoms with Gasteiger partial charge in [0.2, 0.25) is 0 Å². The van der Waals surface area contributed by atoms with Gasteiger partial charge in [-0.25, -0.2) is 9.97 Å². The van der Waals surface area contributed by atoms with Crippen molar-refractivity contribution in [2.75, 3.05) is 5.32 Å². The predicted octanol–water partition coefficient (Wildman–Crippen LogP) is 3.65. The molecular formula is C13H11Cl2N3O. The summed E-state index contributed by atoms with van der Waals surface area (Å²) in [4.78, 5) is 19.6. The lowest BCUT2D eigenvalue weighted by Gasteiger charge is -2.08. The number of carbonyl (C=O) groups is 1. The summed E-state index contributed by atoms with van der Waals surface area (Å²) in [5.41, 5.74) is 2.90. The maximum Gasteiger partial charge on any atom is 0.255 e. The number of hydrogen-bond acceptors (Lipinski definition) is 3. The summed E-state index contributed by atoms with van der Waals surface area (Å²) in [6.45, 7) is 3.92. The average Bonchev–Trinajstić information content (AvgIpc) is 2.37. The standard InChI is InChI=1S/C13H11Cl2N3O/c1-7-3-4-9(5-8(7)2)13(19)18-10-11(14)16-6-17-12(10)15/h3-6H,1-2H3,(H,18,19). The highest BCUT2D eigenvalue weighted by molar-refractivity contribution is 6.38. The summed E-state index contributed by atoms with van der Waals surface area (Å²) in [5.74, 6) is -0.304. The smallest absolute Gasteiger partial charge is 0.255 e. The van der Waals surface area contributed by atoms with Crippen molar-refractivity contribution in [3.63, 3.8) is 0 Å². The molecule has 19 heavy (non-hydrogen) atoms. The Morgan fingerprint density at radius 2 is 1.74 bits per heavy atom. The minimum Gasteiger partial charge on any atom is -0.317 e. The highest BCUT2D eigenvalue weighted by atomic mass is 35.5. The van der Waals surface area contributed by atoms with Crippen LogP contribution in [0.3, 0.4) is 0 Å². The van der Waals surface area contributed by atoms with E-state index < -0.39 is 0 Å². The maximum atomic E-state index is 12.1. The van der Waals surface area contributed by atoms with E-state index >= 15 is 0 Å². The van der Waals surface area contributed by atoms with Gasteiger partial charge in [0, 0.05) is 5.56 Å². The number of aryl methyl sites for hydroxylation is 2. The molecule has 2 rings (SSSR count). The third-order valence-corrected chi connectivity index (χ3v) is 3.34. The second-order valence-electron chi connectivity index (χ2n) is 4.08. The Labute approximate surface area is 120 Å². The van der Waals surface area contributed by atoms with Crippen LogP contribution in [0.15, 0.2) is 24.5 Å². The number of halogens is 2. The summed E-state index contributed by atoms with van der Waals surface area (Å²) in [6.07, 6.45) is 1.23. The van der Waals surface area contributed by atoms with Gasteiger partial charge >= 0.3 is 0 Å². The number of anilines is 1. The topological polar surface area (TPSA) is 54.9 Å². The number of nitrogens with zero attached hydrogens (tertiary/aromatic N) is 2. The molecule has 1 N–H and O–H groups in total. The molecule has 1 aromatic carbocycles. The van der Waals surface area contributed by atoms with Gasteiger partial charge in [0.25, 0.3) is 5.91 Å². The van der Waals surface area contributed by atoms with Crippen molar-refractivity contribution in [2.24, 2.45) is 0 Å². The highest BCUT2D eigenvalue weighted by Crippen LogP contribution is 2.26. The van der Waals surface area contributed by atoms with Crippen LogP contribution >= 0.6 is 23.2 Å². The molecule has 4 nitrogen and oxygen atoms in total. The molecule has 0 aliphatic heterocycles. The van der Waals surface area contributed by atoms with Gasteiger partial charge in [-0.2, -0.15) is 0 Å². The van der Waals surface area contributed by atoms with Gasteiger partial charge in [0.1, 0.15) is 12.0 Å². The molecule has 6 heteroatoms. The Balaban J connectivity index is 2.28. The lowest BCUT2D eigenvalue weighted by Crippen LogP contribution is -2.13. The molecule has 0 spiro atoms. The van der Waals surface area contributed by atoms with Crippen LogP contribution in [0.25, 0.3) is 0 Å². The van der Waals surface area contributed by atoms with E-state index in [-0.39, 0.29) is 21.9 Å². The summed E-state index contributed by atoms with van der Waals surface area (Å²) < 4.78 is 0. The van der Waals surface area contributed by atoms with Gasteiger partial charge in [-0.1, -0.05) is 29.3 Å². The lowest BCUT2D eigenvalue weighted by molar-refractivity contribution is 0.102. The minimum absolute atomic E-state index is 0.109. The normalized spacial score (nSPS) is 10.3. The van der Waals surface area contributed by atoms with E-state index in [4.69, 9.17) is 23.2 Å². The van der Waals surface area contributed by atoms with Crippen molar-refractivity contribution < 1.29 is 4.79 Å². The summed E-state index contributed by atoms with van der Waals surface area (Å²) >= 11 is 11.7. The van der Waals surface area contributed by atoms with Crippen molar-refractivity contribution in [2.45, 2.75) is 13.8 Å². The van der Waals surface area contributed by atoms with Crippen LogP contribution in [-0.4, -0.2) is 15.9 Å². The molecule has 0 fully saturated rings. The maximum absolute atomic E-state index is 12.1. The quantitative estimate of drug-likeness (QED) is 0.861. The number of nitrogens with one attached hydrogen (secondary N) is 1. The van der Waals surface area contributed by atoms with Crippen LogP contribution in [0.4, 0.5) is 5.69 Å². The van der Waals surface area contributed by atoms with E-state index in [1.807, 2.05) is 19.9 Å². The molecule has 0 aliphatic carbocycles. The van der Waals surface area contributed by atoms with E-state index in [1.54, 1.807) is 12.1 Å². The fourth-order valence-electron chi connectivity index (χ4n) is 1.52. The number of rotatable bonds is 2. The average molecular weight is 296 g/mol. The second kappa shape index (κ2) is 5.55. The summed E-state index contributed by atoms with van der Waals surface area (Å²) in [6, 6.07) is 5.43. The molecule has 0 saturated heterocycles. The van der Waals surface area contributed by atoms with Crippen LogP contribution in [0.2, 0.25) is 10.3 Å². The Morgan fingerprint density at radius 3 is 2.32 bits per heavy atom. The van der Waals surface area contributed by atoms with Crippen molar-refractivity contribution in [3.05, 3.63) is 51.5 Å².